The molecule has 18 heavy (non-hydrogen) atoms. The molecular formula is C13H20N2O3. The fourth-order valence-corrected chi connectivity index (χ4v) is 1.77. The minimum absolute atomic E-state index is 0.0184. The molecule has 0 aromatic heterocycles. The maximum atomic E-state index is 10.9. The Labute approximate surface area is 107 Å². The first-order valence-corrected chi connectivity index (χ1v) is 6.09. The van der Waals surface area contributed by atoms with E-state index in [4.69, 9.17) is 4.74 Å². The topological polar surface area (TPSA) is 64.4 Å². The van der Waals surface area contributed by atoms with Gasteiger partial charge in [-0.1, -0.05) is 13.0 Å². The van der Waals surface area contributed by atoms with Crippen molar-refractivity contribution in [3.05, 3.63) is 33.9 Å². The highest BCUT2D eigenvalue weighted by Crippen LogP contribution is 2.31. The fraction of sp³-hybridized carbons (Fsp3) is 0.538. The molecule has 1 rings (SSSR count). The van der Waals surface area contributed by atoms with Gasteiger partial charge in [-0.3, -0.25) is 10.1 Å². The van der Waals surface area contributed by atoms with E-state index in [0.717, 1.165) is 5.56 Å². The number of nitrogens with zero attached hydrogens (tertiary/aromatic N) is 1. The Morgan fingerprint density at radius 2 is 2.11 bits per heavy atom. The number of nitro groups is 1. The van der Waals surface area contributed by atoms with Crippen molar-refractivity contribution in [1.82, 2.24) is 5.32 Å². The Kier molecular flexibility index (Phi) is 5.09. The fourth-order valence-electron chi connectivity index (χ4n) is 1.77. The highest BCUT2D eigenvalue weighted by Gasteiger charge is 2.19. The molecule has 1 aromatic carbocycles. The third-order valence-corrected chi connectivity index (χ3v) is 3.21. The molecule has 0 aliphatic carbocycles. The zero-order valence-corrected chi connectivity index (χ0v) is 11.3. The average Bonchev–Trinajstić information content (AvgIpc) is 2.37. The second-order valence-electron chi connectivity index (χ2n) is 4.28. The molecular weight excluding hydrogens is 232 g/mol. The van der Waals surface area contributed by atoms with Crippen LogP contribution >= 0.6 is 0 Å². The van der Waals surface area contributed by atoms with Crippen LogP contribution in [-0.4, -0.2) is 24.6 Å². The Bertz CT molecular complexity index is 421. The van der Waals surface area contributed by atoms with Crippen molar-refractivity contribution in [3.63, 3.8) is 0 Å². The van der Waals surface area contributed by atoms with Gasteiger partial charge in [0.1, 0.15) is 0 Å². The molecule has 0 spiro atoms. The number of nitro benzene ring substituents is 1. The highest BCUT2D eigenvalue weighted by molar-refractivity contribution is 5.49. The van der Waals surface area contributed by atoms with E-state index in [-0.39, 0.29) is 11.6 Å². The molecule has 2 unspecified atom stereocenters. The lowest BCUT2D eigenvalue weighted by Crippen LogP contribution is -2.27. The van der Waals surface area contributed by atoms with E-state index in [0.29, 0.717) is 18.4 Å². The van der Waals surface area contributed by atoms with Crippen LogP contribution in [0.4, 0.5) is 5.69 Å². The van der Waals surface area contributed by atoms with Crippen LogP contribution in [0.25, 0.3) is 0 Å². The van der Waals surface area contributed by atoms with Gasteiger partial charge >= 0.3 is 5.69 Å². The minimum atomic E-state index is -0.416. The molecule has 0 aliphatic heterocycles. The van der Waals surface area contributed by atoms with Gasteiger partial charge in [0.2, 0.25) is 0 Å². The van der Waals surface area contributed by atoms with Crippen molar-refractivity contribution in [3.8, 4) is 5.75 Å². The van der Waals surface area contributed by atoms with E-state index in [1.54, 1.807) is 12.1 Å². The lowest BCUT2D eigenvalue weighted by atomic mass is 9.94. The molecule has 1 N–H and O–H groups in total. The maximum Gasteiger partial charge on any atom is 0.310 e. The van der Waals surface area contributed by atoms with Crippen molar-refractivity contribution in [2.75, 3.05) is 13.7 Å². The van der Waals surface area contributed by atoms with Crippen molar-refractivity contribution in [2.45, 2.75) is 32.7 Å². The van der Waals surface area contributed by atoms with E-state index < -0.39 is 4.92 Å². The van der Waals surface area contributed by atoms with Gasteiger partial charge in [0, 0.05) is 12.1 Å². The molecule has 5 heteroatoms. The zero-order chi connectivity index (χ0) is 13.7. The molecule has 0 saturated carbocycles. The van der Waals surface area contributed by atoms with Crippen LogP contribution in [0.2, 0.25) is 0 Å². The standard InChI is InChI=1S/C13H20N2O3/c1-5-18-13-8-11(9(2)10(3)14-4)6-7-12(13)15(16)17/h6-10,14H,5H2,1-4H3. The third-order valence-electron chi connectivity index (χ3n) is 3.21. The van der Waals surface area contributed by atoms with Gasteiger partial charge in [-0.2, -0.15) is 0 Å². The number of ether oxygens (including phenoxy) is 1. The molecule has 2 atom stereocenters. The molecule has 0 fully saturated rings. The number of benzene rings is 1. The van der Waals surface area contributed by atoms with Gasteiger partial charge < -0.3 is 10.1 Å². The zero-order valence-electron chi connectivity index (χ0n) is 11.3. The summed E-state index contributed by atoms with van der Waals surface area (Å²) in [5, 5.41) is 14.1. The van der Waals surface area contributed by atoms with Gasteiger partial charge in [-0.05, 0) is 38.4 Å². The average molecular weight is 252 g/mol. The van der Waals surface area contributed by atoms with Crippen LogP contribution < -0.4 is 10.1 Å². The Balaban J connectivity index is 3.10. The Morgan fingerprint density at radius 1 is 1.44 bits per heavy atom. The van der Waals surface area contributed by atoms with E-state index in [9.17, 15) is 10.1 Å². The smallest absolute Gasteiger partial charge is 0.310 e. The van der Waals surface area contributed by atoms with Crippen LogP contribution in [-0.2, 0) is 0 Å². The first-order chi connectivity index (χ1) is 8.51. The van der Waals surface area contributed by atoms with E-state index in [2.05, 4.69) is 19.2 Å². The predicted molar refractivity (Wildman–Crippen MR) is 71.2 cm³/mol. The molecule has 1 aromatic rings. The number of nitrogens with one attached hydrogen (secondary N) is 1. The lowest BCUT2D eigenvalue weighted by molar-refractivity contribution is -0.385. The molecule has 0 bridgehead atoms. The van der Waals surface area contributed by atoms with Crippen molar-refractivity contribution >= 4 is 5.69 Å². The molecule has 0 aliphatic rings. The van der Waals surface area contributed by atoms with Crippen LogP contribution in [0, 0.1) is 10.1 Å². The summed E-state index contributed by atoms with van der Waals surface area (Å²) in [5.74, 6) is 0.602. The Hall–Kier alpha value is -1.62. The van der Waals surface area contributed by atoms with Crippen LogP contribution in [0.15, 0.2) is 18.2 Å². The largest absolute Gasteiger partial charge is 0.487 e. The van der Waals surface area contributed by atoms with Gasteiger partial charge in [0.05, 0.1) is 11.5 Å². The maximum absolute atomic E-state index is 10.9. The van der Waals surface area contributed by atoms with Crippen LogP contribution in [0.1, 0.15) is 32.3 Å². The van der Waals surface area contributed by atoms with E-state index >= 15 is 0 Å². The predicted octanol–water partition coefficient (Wildman–Crippen LogP) is 2.70. The van der Waals surface area contributed by atoms with Crippen LogP contribution in [0.5, 0.6) is 5.75 Å². The first kappa shape index (κ1) is 14.4. The lowest BCUT2D eigenvalue weighted by Gasteiger charge is -2.20. The summed E-state index contributed by atoms with van der Waals surface area (Å²) in [5.41, 5.74) is 1.05. The first-order valence-electron chi connectivity index (χ1n) is 6.09. The summed E-state index contributed by atoms with van der Waals surface area (Å²) in [4.78, 5) is 10.5. The van der Waals surface area contributed by atoms with E-state index in [1.807, 2.05) is 14.0 Å². The number of hydrogen-bond acceptors (Lipinski definition) is 4. The summed E-state index contributed by atoms with van der Waals surface area (Å²) >= 11 is 0. The second-order valence-corrected chi connectivity index (χ2v) is 4.28. The highest BCUT2D eigenvalue weighted by atomic mass is 16.6. The summed E-state index contributed by atoms with van der Waals surface area (Å²) < 4.78 is 5.34. The molecule has 0 saturated heterocycles. The van der Waals surface area contributed by atoms with Crippen LogP contribution in [0.3, 0.4) is 0 Å². The molecule has 0 radical (unpaired) electrons. The molecule has 5 nitrogen and oxygen atoms in total. The summed E-state index contributed by atoms with van der Waals surface area (Å²) in [6, 6.07) is 5.36. The Morgan fingerprint density at radius 3 is 2.61 bits per heavy atom. The quantitative estimate of drug-likeness (QED) is 0.624. The summed E-state index contributed by atoms with van der Waals surface area (Å²) in [6.07, 6.45) is 0. The van der Waals surface area contributed by atoms with Crippen molar-refractivity contribution in [2.24, 2.45) is 0 Å². The van der Waals surface area contributed by atoms with Crippen molar-refractivity contribution < 1.29 is 9.66 Å². The van der Waals surface area contributed by atoms with Crippen molar-refractivity contribution in [1.29, 1.82) is 0 Å². The van der Waals surface area contributed by atoms with E-state index in [1.165, 1.54) is 6.07 Å². The minimum Gasteiger partial charge on any atom is -0.487 e. The third kappa shape index (κ3) is 3.20. The molecule has 100 valence electrons. The number of likely N-dealkylation sites (N-methyl/N-ethyl adjacent to an activating group) is 1. The number of hydrogen-bond donors (Lipinski definition) is 1. The summed E-state index contributed by atoms with van der Waals surface area (Å²) in [6.45, 7) is 6.39. The molecule has 0 amide bonds. The van der Waals surface area contributed by atoms with Gasteiger partial charge in [0.15, 0.2) is 5.75 Å². The molecule has 0 heterocycles. The van der Waals surface area contributed by atoms with Gasteiger partial charge in [-0.25, -0.2) is 0 Å². The SMILES string of the molecule is CCOc1cc(C(C)C(C)NC)ccc1[N+](=O)[O-]. The summed E-state index contributed by atoms with van der Waals surface area (Å²) in [7, 11) is 1.90. The second kappa shape index (κ2) is 6.35. The normalized spacial score (nSPS) is 14.0. The number of rotatable bonds is 6. The monoisotopic (exact) mass is 252 g/mol. The van der Waals surface area contributed by atoms with Gasteiger partial charge in [-0.15, -0.1) is 0 Å². The van der Waals surface area contributed by atoms with Gasteiger partial charge in [0.25, 0.3) is 0 Å².